The number of ether oxygens (including phenoxy) is 4. The molecule has 0 bridgehead atoms. The largest absolute Gasteiger partial charge is 0.506 e. The number of rotatable bonds is 9. The molecular formula is C29H29NO7. The Hall–Kier alpha value is -4.46. The van der Waals surface area contributed by atoms with Crippen molar-refractivity contribution in [3.63, 3.8) is 0 Å². The van der Waals surface area contributed by atoms with Crippen LogP contribution in [0.2, 0.25) is 0 Å². The van der Waals surface area contributed by atoms with Crippen molar-refractivity contribution in [2.75, 3.05) is 32.3 Å². The zero-order valence-corrected chi connectivity index (χ0v) is 21.2. The van der Waals surface area contributed by atoms with Crippen LogP contribution in [0.5, 0.6) is 23.0 Å². The zero-order valence-electron chi connectivity index (χ0n) is 21.2. The van der Waals surface area contributed by atoms with Crippen LogP contribution in [0.3, 0.4) is 0 Å². The Balaban J connectivity index is 1.96. The molecule has 1 atom stereocenters. The molecule has 0 aliphatic carbocycles. The summed E-state index contributed by atoms with van der Waals surface area (Å²) in [5, 5.41) is 11.6. The molecule has 0 radical (unpaired) electrons. The van der Waals surface area contributed by atoms with Gasteiger partial charge in [-0.25, -0.2) is 0 Å². The molecule has 1 N–H and O–H groups in total. The van der Waals surface area contributed by atoms with Gasteiger partial charge in [0, 0.05) is 5.69 Å². The van der Waals surface area contributed by atoms with E-state index in [1.54, 1.807) is 66.7 Å². The SMILES string of the molecule is CCOc1ccc(N2C(=O)C(=O)/C(=C(/O)c3c(OC)cccc3OC)C2c2cccc(OCC)c2)cc1. The predicted molar refractivity (Wildman–Crippen MR) is 140 cm³/mol. The summed E-state index contributed by atoms with van der Waals surface area (Å²) in [4.78, 5) is 28.4. The first-order chi connectivity index (χ1) is 17.9. The van der Waals surface area contributed by atoms with Gasteiger partial charge >= 0.3 is 0 Å². The Bertz CT molecular complexity index is 1310. The van der Waals surface area contributed by atoms with E-state index in [9.17, 15) is 14.7 Å². The maximum Gasteiger partial charge on any atom is 0.300 e. The van der Waals surface area contributed by atoms with Crippen molar-refractivity contribution in [2.45, 2.75) is 19.9 Å². The van der Waals surface area contributed by atoms with E-state index >= 15 is 0 Å². The Morgan fingerprint density at radius 3 is 2.03 bits per heavy atom. The number of nitrogens with zero attached hydrogens (tertiary/aromatic N) is 1. The molecule has 1 aliphatic heterocycles. The van der Waals surface area contributed by atoms with Crippen LogP contribution in [0.15, 0.2) is 72.3 Å². The van der Waals surface area contributed by atoms with Crippen molar-refractivity contribution in [1.29, 1.82) is 0 Å². The molecule has 8 heteroatoms. The van der Waals surface area contributed by atoms with E-state index in [1.165, 1.54) is 19.1 Å². The number of carbonyl (C=O) groups is 2. The molecule has 1 heterocycles. The minimum absolute atomic E-state index is 0.0877. The minimum atomic E-state index is -0.937. The third kappa shape index (κ3) is 4.82. The zero-order chi connectivity index (χ0) is 26.5. The lowest BCUT2D eigenvalue weighted by Crippen LogP contribution is -2.29. The Labute approximate surface area is 215 Å². The molecule has 192 valence electrons. The fourth-order valence-electron chi connectivity index (χ4n) is 4.44. The molecule has 8 nitrogen and oxygen atoms in total. The van der Waals surface area contributed by atoms with Crippen molar-refractivity contribution >= 4 is 23.1 Å². The molecule has 0 aromatic heterocycles. The van der Waals surface area contributed by atoms with Gasteiger partial charge in [0.15, 0.2) is 0 Å². The summed E-state index contributed by atoms with van der Waals surface area (Å²) in [7, 11) is 2.90. The van der Waals surface area contributed by atoms with Gasteiger partial charge in [-0.2, -0.15) is 0 Å². The van der Waals surface area contributed by atoms with E-state index < -0.39 is 23.5 Å². The van der Waals surface area contributed by atoms with Crippen LogP contribution in [-0.4, -0.2) is 44.2 Å². The van der Waals surface area contributed by atoms with Crippen molar-refractivity contribution in [1.82, 2.24) is 0 Å². The Morgan fingerprint density at radius 2 is 1.43 bits per heavy atom. The number of methoxy groups -OCH3 is 2. The fourth-order valence-corrected chi connectivity index (χ4v) is 4.44. The number of anilines is 1. The van der Waals surface area contributed by atoms with Crippen LogP contribution in [-0.2, 0) is 9.59 Å². The summed E-state index contributed by atoms with van der Waals surface area (Å²) < 4.78 is 22.1. The fraction of sp³-hybridized carbons (Fsp3) is 0.241. The second-order valence-electron chi connectivity index (χ2n) is 8.14. The highest BCUT2D eigenvalue weighted by molar-refractivity contribution is 6.51. The van der Waals surface area contributed by atoms with Gasteiger partial charge < -0.3 is 24.1 Å². The van der Waals surface area contributed by atoms with E-state index in [1.807, 2.05) is 13.8 Å². The second kappa shape index (κ2) is 11.1. The Kier molecular flexibility index (Phi) is 7.67. The number of amides is 1. The molecule has 1 aliphatic rings. The summed E-state index contributed by atoms with van der Waals surface area (Å²) in [6.45, 7) is 4.69. The lowest BCUT2D eigenvalue weighted by molar-refractivity contribution is -0.132. The molecule has 4 rings (SSSR count). The van der Waals surface area contributed by atoms with Gasteiger partial charge in [0.2, 0.25) is 0 Å². The van der Waals surface area contributed by atoms with Crippen LogP contribution < -0.4 is 23.8 Å². The molecule has 0 spiro atoms. The Morgan fingerprint density at radius 1 is 0.838 bits per heavy atom. The van der Waals surface area contributed by atoms with E-state index in [2.05, 4.69) is 0 Å². The van der Waals surface area contributed by atoms with E-state index in [-0.39, 0.29) is 11.1 Å². The molecule has 3 aromatic rings. The number of hydrogen-bond acceptors (Lipinski definition) is 7. The van der Waals surface area contributed by atoms with Gasteiger partial charge in [0.1, 0.15) is 34.3 Å². The van der Waals surface area contributed by atoms with Crippen LogP contribution in [0, 0.1) is 0 Å². The van der Waals surface area contributed by atoms with E-state index in [0.717, 1.165) is 0 Å². The maximum absolute atomic E-state index is 13.5. The summed E-state index contributed by atoms with van der Waals surface area (Å²) in [5.74, 6) is -0.189. The lowest BCUT2D eigenvalue weighted by Gasteiger charge is -2.26. The normalized spacial score (nSPS) is 16.5. The third-order valence-electron chi connectivity index (χ3n) is 6.02. The van der Waals surface area contributed by atoms with Crippen molar-refractivity contribution in [3.8, 4) is 23.0 Å². The summed E-state index contributed by atoms with van der Waals surface area (Å²) >= 11 is 0. The lowest BCUT2D eigenvalue weighted by atomic mass is 9.94. The number of hydrogen-bond donors (Lipinski definition) is 1. The summed E-state index contributed by atoms with van der Waals surface area (Å²) in [5.41, 5.74) is 1.16. The first-order valence-corrected chi connectivity index (χ1v) is 11.9. The van der Waals surface area contributed by atoms with Gasteiger partial charge in [0.25, 0.3) is 11.7 Å². The molecule has 37 heavy (non-hydrogen) atoms. The number of ketones is 1. The van der Waals surface area contributed by atoms with Crippen molar-refractivity contribution < 1.29 is 33.6 Å². The predicted octanol–water partition coefficient (Wildman–Crippen LogP) is 5.13. The first kappa shape index (κ1) is 25.6. The van der Waals surface area contributed by atoms with Crippen LogP contribution in [0.4, 0.5) is 5.69 Å². The first-order valence-electron chi connectivity index (χ1n) is 11.9. The second-order valence-corrected chi connectivity index (χ2v) is 8.14. The number of carbonyl (C=O) groups excluding carboxylic acids is 2. The van der Waals surface area contributed by atoms with Gasteiger partial charge in [0.05, 0.1) is 39.0 Å². The maximum atomic E-state index is 13.5. The highest BCUT2D eigenvalue weighted by Gasteiger charge is 2.47. The van der Waals surface area contributed by atoms with E-state index in [0.29, 0.717) is 47.5 Å². The highest BCUT2D eigenvalue weighted by atomic mass is 16.5. The van der Waals surface area contributed by atoms with Gasteiger partial charge in [-0.05, 0) is 67.9 Å². The van der Waals surface area contributed by atoms with Gasteiger partial charge in [-0.3, -0.25) is 14.5 Å². The average molecular weight is 504 g/mol. The molecule has 1 fully saturated rings. The summed E-state index contributed by atoms with van der Waals surface area (Å²) in [6, 6.07) is 18.0. The molecule has 1 unspecified atom stereocenters. The molecular weight excluding hydrogens is 474 g/mol. The molecule has 1 saturated heterocycles. The molecule has 0 saturated carbocycles. The monoisotopic (exact) mass is 503 g/mol. The van der Waals surface area contributed by atoms with Crippen LogP contribution >= 0.6 is 0 Å². The number of Topliss-reactive ketones (excluding diaryl/α,β-unsaturated/α-hetero) is 1. The number of aliphatic hydroxyl groups is 1. The molecule has 3 aromatic carbocycles. The van der Waals surface area contributed by atoms with Crippen LogP contribution in [0.1, 0.15) is 31.0 Å². The van der Waals surface area contributed by atoms with Crippen LogP contribution in [0.25, 0.3) is 5.76 Å². The van der Waals surface area contributed by atoms with Crippen molar-refractivity contribution in [3.05, 3.63) is 83.4 Å². The topological polar surface area (TPSA) is 94.5 Å². The average Bonchev–Trinajstić information content (AvgIpc) is 3.19. The standard InChI is InChI=1S/C29H29NO7/c1-5-36-20-15-13-19(14-16-20)30-26(18-9-7-10-21(17-18)37-6-2)25(28(32)29(30)33)27(31)24-22(34-3)11-8-12-23(24)35-4/h7-17,26,31H,5-6H2,1-4H3/b27-25+. The molecule has 1 amide bonds. The van der Waals surface area contributed by atoms with Gasteiger partial charge in [-0.1, -0.05) is 18.2 Å². The highest BCUT2D eigenvalue weighted by Crippen LogP contribution is 2.45. The quantitative estimate of drug-likeness (QED) is 0.246. The number of benzene rings is 3. The third-order valence-corrected chi connectivity index (χ3v) is 6.02. The van der Waals surface area contributed by atoms with Crippen molar-refractivity contribution in [2.24, 2.45) is 0 Å². The van der Waals surface area contributed by atoms with Gasteiger partial charge in [-0.15, -0.1) is 0 Å². The van der Waals surface area contributed by atoms with E-state index in [4.69, 9.17) is 18.9 Å². The minimum Gasteiger partial charge on any atom is -0.506 e. The number of aliphatic hydroxyl groups excluding tert-OH is 1. The smallest absolute Gasteiger partial charge is 0.300 e. The summed E-state index contributed by atoms with van der Waals surface area (Å²) in [6.07, 6.45) is 0.